The molecular formula is C20H16N6O2. The third-order valence-corrected chi connectivity index (χ3v) is 4.23. The largest absolute Gasteiger partial charge is 0.454 e. The van der Waals surface area contributed by atoms with E-state index in [1.165, 1.54) is 0 Å². The first-order valence-corrected chi connectivity index (χ1v) is 8.69. The van der Waals surface area contributed by atoms with Gasteiger partial charge in [0.05, 0.1) is 6.33 Å². The molecule has 2 aromatic heterocycles. The highest BCUT2D eigenvalue weighted by atomic mass is 16.7. The molecule has 0 unspecified atom stereocenters. The monoisotopic (exact) mass is 372 g/mol. The SMILES string of the molecule is c1cn(-c2ccc(Nc3nccc(Nc4ccc5c(c4)OCO5)n3)cc2)cn1. The minimum absolute atomic E-state index is 0.250. The molecule has 0 atom stereocenters. The van der Waals surface area contributed by atoms with Gasteiger partial charge in [-0.25, -0.2) is 9.97 Å². The van der Waals surface area contributed by atoms with Gasteiger partial charge in [-0.1, -0.05) is 0 Å². The van der Waals surface area contributed by atoms with Crippen molar-refractivity contribution in [2.24, 2.45) is 0 Å². The fraction of sp³-hybridized carbons (Fsp3) is 0.0500. The zero-order chi connectivity index (χ0) is 18.8. The first-order valence-electron chi connectivity index (χ1n) is 8.69. The summed E-state index contributed by atoms with van der Waals surface area (Å²) in [5, 5.41) is 6.46. The quantitative estimate of drug-likeness (QED) is 0.550. The number of rotatable bonds is 5. The van der Waals surface area contributed by atoms with Crippen LogP contribution in [0.4, 0.5) is 23.1 Å². The van der Waals surface area contributed by atoms with Crippen LogP contribution in [0.3, 0.4) is 0 Å². The Hall–Kier alpha value is -4.07. The molecule has 8 heteroatoms. The number of ether oxygens (including phenoxy) is 2. The lowest BCUT2D eigenvalue weighted by molar-refractivity contribution is 0.174. The predicted octanol–water partition coefficient (Wildman–Crippen LogP) is 3.88. The summed E-state index contributed by atoms with van der Waals surface area (Å²) in [7, 11) is 0. The molecule has 1 aliphatic heterocycles. The van der Waals surface area contributed by atoms with Gasteiger partial charge in [0.15, 0.2) is 11.5 Å². The van der Waals surface area contributed by atoms with Crippen molar-refractivity contribution >= 4 is 23.1 Å². The maximum atomic E-state index is 5.40. The van der Waals surface area contributed by atoms with Crippen molar-refractivity contribution in [1.82, 2.24) is 19.5 Å². The Morgan fingerprint density at radius 1 is 0.857 bits per heavy atom. The molecule has 1 aliphatic rings. The molecule has 28 heavy (non-hydrogen) atoms. The van der Waals surface area contributed by atoms with Crippen LogP contribution in [0.25, 0.3) is 5.69 Å². The smallest absolute Gasteiger partial charge is 0.231 e. The van der Waals surface area contributed by atoms with Gasteiger partial charge in [0.1, 0.15) is 5.82 Å². The molecule has 3 heterocycles. The van der Waals surface area contributed by atoms with Crippen molar-refractivity contribution in [3.05, 3.63) is 73.4 Å². The molecule has 0 saturated heterocycles. The molecule has 0 spiro atoms. The lowest BCUT2D eigenvalue weighted by Gasteiger charge is -2.09. The Bertz CT molecular complexity index is 1100. The summed E-state index contributed by atoms with van der Waals surface area (Å²) < 4.78 is 12.7. The Labute approximate surface area is 160 Å². The van der Waals surface area contributed by atoms with E-state index in [0.29, 0.717) is 11.8 Å². The normalized spacial score (nSPS) is 12.0. The number of hydrogen-bond donors (Lipinski definition) is 2. The standard InChI is InChI=1S/C20H16N6O2/c1-4-16(26-10-9-21-12-26)5-2-14(1)24-20-22-8-7-19(25-20)23-15-3-6-17-18(11-15)28-13-27-17/h1-12H,13H2,(H2,22,23,24,25). The summed E-state index contributed by atoms with van der Waals surface area (Å²) >= 11 is 0. The van der Waals surface area contributed by atoms with Gasteiger partial charge in [-0.2, -0.15) is 4.98 Å². The van der Waals surface area contributed by atoms with Crippen LogP contribution in [0.5, 0.6) is 11.5 Å². The number of fused-ring (bicyclic) bond motifs is 1. The Morgan fingerprint density at radius 2 is 1.71 bits per heavy atom. The lowest BCUT2D eigenvalue weighted by atomic mass is 10.2. The minimum Gasteiger partial charge on any atom is -0.454 e. The van der Waals surface area contributed by atoms with Gasteiger partial charge >= 0.3 is 0 Å². The van der Waals surface area contributed by atoms with Gasteiger partial charge in [-0.3, -0.25) is 0 Å². The van der Waals surface area contributed by atoms with E-state index in [1.54, 1.807) is 24.8 Å². The second kappa shape index (κ2) is 6.92. The van der Waals surface area contributed by atoms with E-state index in [9.17, 15) is 0 Å². The molecule has 0 amide bonds. The summed E-state index contributed by atoms with van der Waals surface area (Å²) in [6, 6.07) is 15.4. The van der Waals surface area contributed by atoms with Crippen LogP contribution < -0.4 is 20.1 Å². The van der Waals surface area contributed by atoms with Crippen molar-refractivity contribution in [3.63, 3.8) is 0 Å². The van der Waals surface area contributed by atoms with Crippen molar-refractivity contribution in [2.45, 2.75) is 0 Å². The van der Waals surface area contributed by atoms with E-state index in [-0.39, 0.29) is 6.79 Å². The Morgan fingerprint density at radius 3 is 2.57 bits per heavy atom. The topological polar surface area (TPSA) is 86.1 Å². The van der Waals surface area contributed by atoms with E-state index in [0.717, 1.165) is 28.6 Å². The highest BCUT2D eigenvalue weighted by molar-refractivity contribution is 5.63. The van der Waals surface area contributed by atoms with E-state index < -0.39 is 0 Å². The molecule has 0 aliphatic carbocycles. The average Bonchev–Trinajstić information content (AvgIpc) is 3.41. The summed E-state index contributed by atoms with van der Waals surface area (Å²) in [4.78, 5) is 12.9. The van der Waals surface area contributed by atoms with Crippen LogP contribution in [0.15, 0.2) is 73.4 Å². The zero-order valence-corrected chi connectivity index (χ0v) is 14.7. The molecule has 0 saturated carbocycles. The highest BCUT2D eigenvalue weighted by Gasteiger charge is 2.13. The van der Waals surface area contributed by atoms with Gasteiger partial charge < -0.3 is 24.7 Å². The summed E-state index contributed by atoms with van der Waals surface area (Å²) in [5.74, 6) is 2.64. The minimum atomic E-state index is 0.250. The van der Waals surface area contributed by atoms with Gasteiger partial charge in [-0.15, -0.1) is 0 Å². The first kappa shape index (κ1) is 16.1. The molecule has 8 nitrogen and oxygen atoms in total. The molecule has 0 fully saturated rings. The van der Waals surface area contributed by atoms with Crippen molar-refractivity contribution in [2.75, 3.05) is 17.4 Å². The predicted molar refractivity (Wildman–Crippen MR) is 105 cm³/mol. The van der Waals surface area contributed by atoms with Crippen LogP contribution in [0, 0.1) is 0 Å². The molecule has 2 aromatic carbocycles. The molecule has 0 bridgehead atoms. The lowest BCUT2D eigenvalue weighted by Crippen LogP contribution is -2.00. The third kappa shape index (κ3) is 3.30. The summed E-state index contributed by atoms with van der Waals surface area (Å²) in [6.45, 7) is 0.250. The molecule has 0 radical (unpaired) electrons. The number of imidazole rings is 1. The van der Waals surface area contributed by atoms with Crippen molar-refractivity contribution < 1.29 is 9.47 Å². The van der Waals surface area contributed by atoms with Gasteiger partial charge in [0.25, 0.3) is 0 Å². The average molecular weight is 372 g/mol. The molecule has 5 rings (SSSR count). The highest BCUT2D eigenvalue weighted by Crippen LogP contribution is 2.35. The van der Waals surface area contributed by atoms with Gasteiger partial charge in [0.2, 0.25) is 12.7 Å². The van der Waals surface area contributed by atoms with E-state index >= 15 is 0 Å². The van der Waals surface area contributed by atoms with Crippen LogP contribution in [0.1, 0.15) is 0 Å². The summed E-state index contributed by atoms with van der Waals surface area (Å²) in [5.41, 5.74) is 2.78. The number of benzene rings is 2. The van der Waals surface area contributed by atoms with Crippen molar-refractivity contribution in [1.29, 1.82) is 0 Å². The maximum absolute atomic E-state index is 5.40. The first-order chi connectivity index (χ1) is 13.8. The molecular weight excluding hydrogens is 356 g/mol. The number of anilines is 4. The number of hydrogen-bond acceptors (Lipinski definition) is 7. The summed E-state index contributed by atoms with van der Waals surface area (Å²) in [6.07, 6.45) is 7.11. The van der Waals surface area contributed by atoms with Crippen LogP contribution in [-0.2, 0) is 0 Å². The van der Waals surface area contributed by atoms with Gasteiger partial charge in [-0.05, 0) is 42.5 Å². The van der Waals surface area contributed by atoms with Gasteiger partial charge in [0, 0.05) is 41.7 Å². The third-order valence-electron chi connectivity index (χ3n) is 4.23. The van der Waals surface area contributed by atoms with Crippen LogP contribution >= 0.6 is 0 Å². The second-order valence-electron chi connectivity index (χ2n) is 6.10. The Balaban J connectivity index is 1.30. The number of aromatic nitrogens is 4. The molecule has 2 N–H and O–H groups in total. The molecule has 138 valence electrons. The fourth-order valence-corrected chi connectivity index (χ4v) is 2.87. The zero-order valence-electron chi connectivity index (χ0n) is 14.7. The van der Waals surface area contributed by atoms with E-state index in [1.807, 2.05) is 53.2 Å². The van der Waals surface area contributed by atoms with Crippen LogP contribution in [0.2, 0.25) is 0 Å². The molecule has 4 aromatic rings. The van der Waals surface area contributed by atoms with Crippen LogP contribution in [-0.4, -0.2) is 26.3 Å². The number of nitrogens with one attached hydrogen (secondary N) is 2. The second-order valence-corrected chi connectivity index (χ2v) is 6.10. The Kier molecular flexibility index (Phi) is 3.98. The van der Waals surface area contributed by atoms with E-state index in [4.69, 9.17) is 9.47 Å². The van der Waals surface area contributed by atoms with E-state index in [2.05, 4.69) is 25.6 Å². The fourth-order valence-electron chi connectivity index (χ4n) is 2.87. The number of nitrogens with zero attached hydrogens (tertiary/aromatic N) is 4. The maximum Gasteiger partial charge on any atom is 0.231 e. The van der Waals surface area contributed by atoms with Crippen molar-refractivity contribution in [3.8, 4) is 17.2 Å².